The van der Waals surface area contributed by atoms with Crippen molar-refractivity contribution in [2.45, 2.75) is 104 Å². The molecule has 5 atom stereocenters. The van der Waals surface area contributed by atoms with E-state index in [1.54, 1.807) is 54.1 Å². The molecule has 0 spiro atoms. The number of ether oxygens (including phenoxy) is 3. The van der Waals surface area contributed by atoms with Crippen molar-refractivity contribution in [3.05, 3.63) is 78.5 Å². The molecular formula is C37H50N4O6. The second-order valence-corrected chi connectivity index (χ2v) is 14.5. The molecule has 1 aromatic carbocycles. The lowest BCUT2D eigenvalue weighted by atomic mass is 9.90. The van der Waals surface area contributed by atoms with Crippen molar-refractivity contribution in [2.75, 3.05) is 6.54 Å². The number of amides is 2. The quantitative estimate of drug-likeness (QED) is 0.152. The molecule has 2 amide bonds. The average Bonchev–Trinajstić information content (AvgIpc) is 3.31. The number of benzene rings is 1. The predicted molar refractivity (Wildman–Crippen MR) is 179 cm³/mol. The lowest BCUT2D eigenvalue weighted by Crippen LogP contribution is -2.45. The van der Waals surface area contributed by atoms with Gasteiger partial charge in [0.2, 0.25) is 0 Å². The zero-order chi connectivity index (χ0) is 34.6. The van der Waals surface area contributed by atoms with Crippen LogP contribution in [0.2, 0.25) is 0 Å². The topological polar surface area (TPSA) is 113 Å². The lowest BCUT2D eigenvalue weighted by Gasteiger charge is -2.31. The maximum atomic E-state index is 14.3. The third-order valence-electron chi connectivity index (χ3n) is 8.56. The molecular weight excluding hydrogens is 596 g/mol. The number of nitrogens with zero attached hydrogens (tertiary/aromatic N) is 4. The molecule has 0 radical (unpaired) electrons. The highest BCUT2D eigenvalue weighted by atomic mass is 16.6. The van der Waals surface area contributed by atoms with Crippen LogP contribution in [-0.2, 0) is 24.4 Å². The smallest absolute Gasteiger partial charge is 0.419 e. The predicted octanol–water partition coefficient (Wildman–Crippen LogP) is 8.05. The fourth-order valence-corrected chi connectivity index (χ4v) is 6.29. The number of carbonyl (C=O) groups excluding carboxylic acids is 3. The van der Waals surface area contributed by atoms with E-state index in [4.69, 9.17) is 19.2 Å². The van der Waals surface area contributed by atoms with Gasteiger partial charge < -0.3 is 14.2 Å². The molecule has 47 heavy (non-hydrogen) atoms. The van der Waals surface area contributed by atoms with E-state index < -0.39 is 34.9 Å². The highest BCUT2D eigenvalue weighted by Crippen LogP contribution is 2.63. The van der Waals surface area contributed by atoms with Crippen LogP contribution in [0, 0.1) is 17.8 Å². The first-order valence-electron chi connectivity index (χ1n) is 16.5. The number of rotatable bonds is 11. The van der Waals surface area contributed by atoms with Crippen molar-refractivity contribution in [2.24, 2.45) is 17.8 Å². The number of hydrogen-bond acceptors (Lipinski definition) is 8. The molecule has 1 fully saturated rings. The number of pyridine rings is 1. The molecule has 0 aliphatic heterocycles. The molecule has 10 nitrogen and oxygen atoms in total. The summed E-state index contributed by atoms with van der Waals surface area (Å²) in [5.41, 5.74) is -1.11. The summed E-state index contributed by atoms with van der Waals surface area (Å²) in [5, 5.41) is 0. The normalized spacial score (nSPS) is 20.5. The van der Waals surface area contributed by atoms with Crippen molar-refractivity contribution in [3.8, 4) is 5.82 Å². The Bertz CT molecular complexity index is 1480. The van der Waals surface area contributed by atoms with Crippen LogP contribution in [0.1, 0.15) is 98.9 Å². The molecule has 0 saturated heterocycles. The van der Waals surface area contributed by atoms with Crippen LogP contribution in [0.25, 0.3) is 5.82 Å². The second kappa shape index (κ2) is 14.3. The molecule has 2 heterocycles. The zero-order valence-corrected chi connectivity index (χ0v) is 29.2. The van der Waals surface area contributed by atoms with E-state index in [1.807, 2.05) is 73.1 Å². The van der Waals surface area contributed by atoms with Crippen LogP contribution in [0.15, 0.2) is 67.3 Å². The van der Waals surface area contributed by atoms with Crippen LogP contribution in [-0.4, -0.2) is 55.3 Å². The van der Waals surface area contributed by atoms with Crippen LogP contribution in [0.5, 0.6) is 0 Å². The first-order valence-corrected chi connectivity index (χ1v) is 16.5. The minimum Gasteiger partial charge on any atom is -0.457 e. The van der Waals surface area contributed by atoms with Gasteiger partial charge in [-0.2, -0.15) is 0 Å². The van der Waals surface area contributed by atoms with E-state index >= 15 is 0 Å². The van der Waals surface area contributed by atoms with E-state index in [1.165, 1.54) is 0 Å². The van der Waals surface area contributed by atoms with Crippen LogP contribution >= 0.6 is 0 Å². The highest BCUT2D eigenvalue weighted by molar-refractivity contribution is 5.89. The monoisotopic (exact) mass is 646 g/mol. The van der Waals surface area contributed by atoms with E-state index in [2.05, 4.69) is 11.9 Å². The largest absolute Gasteiger partial charge is 0.457 e. The van der Waals surface area contributed by atoms with E-state index in [0.717, 1.165) is 23.3 Å². The fourth-order valence-electron chi connectivity index (χ4n) is 6.29. The Hall–Kier alpha value is -4.21. The molecule has 3 aromatic rings. The summed E-state index contributed by atoms with van der Waals surface area (Å²) in [4.78, 5) is 51.3. The molecule has 1 aliphatic carbocycles. The maximum Gasteiger partial charge on any atom is 0.419 e. The molecule has 2 aromatic heterocycles. The molecule has 0 unspecified atom stereocenters. The van der Waals surface area contributed by atoms with Gasteiger partial charge in [-0.25, -0.2) is 24.5 Å². The van der Waals surface area contributed by atoms with Crippen molar-refractivity contribution >= 4 is 18.2 Å². The van der Waals surface area contributed by atoms with Gasteiger partial charge in [0.15, 0.2) is 0 Å². The minimum absolute atomic E-state index is 0.0921. The molecule has 1 saturated carbocycles. The molecule has 1 aliphatic rings. The Morgan fingerprint density at radius 1 is 0.936 bits per heavy atom. The molecule has 4 rings (SSSR count). The van der Waals surface area contributed by atoms with Gasteiger partial charge in [-0.1, -0.05) is 56.7 Å². The number of aromatic nitrogens is 3. The second-order valence-electron chi connectivity index (χ2n) is 14.5. The van der Waals surface area contributed by atoms with Gasteiger partial charge in [-0.3, -0.25) is 9.36 Å². The van der Waals surface area contributed by atoms with Crippen molar-refractivity contribution in [1.82, 2.24) is 19.4 Å². The number of imide groups is 1. The van der Waals surface area contributed by atoms with Gasteiger partial charge in [0, 0.05) is 18.9 Å². The molecule has 254 valence electrons. The Kier molecular flexibility index (Phi) is 10.8. The van der Waals surface area contributed by atoms with Crippen molar-refractivity contribution in [1.29, 1.82) is 0 Å². The summed E-state index contributed by atoms with van der Waals surface area (Å²) < 4.78 is 19.2. The number of hydrogen-bond donors (Lipinski definition) is 0. The van der Waals surface area contributed by atoms with E-state index in [0.29, 0.717) is 17.9 Å². The first kappa shape index (κ1) is 35.6. The van der Waals surface area contributed by atoms with Gasteiger partial charge in [0.05, 0.1) is 5.69 Å². The third-order valence-corrected chi connectivity index (χ3v) is 8.56. The van der Waals surface area contributed by atoms with Crippen molar-refractivity contribution in [3.63, 3.8) is 0 Å². The summed E-state index contributed by atoms with van der Waals surface area (Å²) >= 11 is 0. The summed E-state index contributed by atoms with van der Waals surface area (Å²) in [7, 11) is 0. The lowest BCUT2D eigenvalue weighted by molar-refractivity contribution is -0.153. The van der Waals surface area contributed by atoms with Gasteiger partial charge in [0.1, 0.15) is 34.9 Å². The third kappa shape index (κ3) is 8.58. The standard InChI is InChI=1S/C37H50N4O6/c1-10-16-27(22-41(33(43)46-35(4,5)6)34(44)47-36(7,8)9)21-29-25(2)37(29,32(42)45-26(3)28-17-12-11-13-18-28)30-23-40(24-39-30)31-19-14-15-20-38-31/h11-15,17-20,23-27,29H,10,16,21-22H2,1-9H3/t25-,26+,27+,29+,37-/m0/s1. The Labute approximate surface area is 278 Å². The number of esters is 1. The van der Waals surface area contributed by atoms with E-state index in [9.17, 15) is 14.4 Å². The fraction of sp³-hybridized carbons (Fsp3) is 0.541. The van der Waals surface area contributed by atoms with Gasteiger partial charge >= 0.3 is 18.2 Å². The van der Waals surface area contributed by atoms with Crippen LogP contribution in [0.4, 0.5) is 9.59 Å². The number of carbonyl (C=O) groups is 3. The minimum atomic E-state index is -1.02. The summed E-state index contributed by atoms with van der Waals surface area (Å²) in [5.74, 6) is -0.0521. The SMILES string of the molecule is CCC[C@H](C[C@@H]1[C@H](C)[C@@]1(C(=O)O[C@H](C)c1ccccc1)c1cn(-c2ccccn2)cn1)CN(C(=O)OC(C)(C)C)C(=O)OC(C)(C)C. The average molecular weight is 647 g/mol. The van der Waals surface area contributed by atoms with Gasteiger partial charge in [-0.15, -0.1) is 0 Å². The Morgan fingerprint density at radius 3 is 2.11 bits per heavy atom. The summed E-state index contributed by atoms with van der Waals surface area (Å²) in [6.45, 7) is 16.6. The summed E-state index contributed by atoms with van der Waals surface area (Å²) in [6, 6.07) is 15.3. The number of imidazole rings is 1. The summed E-state index contributed by atoms with van der Waals surface area (Å²) in [6.07, 6.45) is 5.36. The van der Waals surface area contributed by atoms with Gasteiger partial charge in [-0.05, 0) is 96.8 Å². The Balaban J connectivity index is 1.66. The molecule has 0 N–H and O–H groups in total. The molecule has 10 heteroatoms. The Morgan fingerprint density at radius 2 is 1.55 bits per heavy atom. The van der Waals surface area contributed by atoms with Crippen LogP contribution < -0.4 is 0 Å². The maximum absolute atomic E-state index is 14.3. The first-order chi connectivity index (χ1) is 22.1. The van der Waals surface area contributed by atoms with E-state index in [-0.39, 0.29) is 30.3 Å². The van der Waals surface area contributed by atoms with Gasteiger partial charge in [0.25, 0.3) is 0 Å². The molecule has 0 bridgehead atoms. The van der Waals surface area contributed by atoms with Crippen molar-refractivity contribution < 1.29 is 28.6 Å². The van der Waals surface area contributed by atoms with Crippen LogP contribution in [0.3, 0.4) is 0 Å². The zero-order valence-electron chi connectivity index (χ0n) is 29.2. The highest BCUT2D eigenvalue weighted by Gasteiger charge is 2.70.